The van der Waals surface area contributed by atoms with Gasteiger partial charge >= 0.3 is 6.03 Å². The third kappa shape index (κ3) is 4.41. The summed E-state index contributed by atoms with van der Waals surface area (Å²) in [5.41, 5.74) is -0.280. The predicted octanol–water partition coefficient (Wildman–Crippen LogP) is 1.87. The summed E-state index contributed by atoms with van der Waals surface area (Å²) in [5, 5.41) is 8.93. The van der Waals surface area contributed by atoms with Crippen molar-refractivity contribution in [3.8, 4) is 0 Å². The summed E-state index contributed by atoms with van der Waals surface area (Å²) < 4.78 is 6.94. The summed E-state index contributed by atoms with van der Waals surface area (Å²) >= 11 is 0. The monoisotopic (exact) mass is 319 g/mol. The molecule has 0 aliphatic heterocycles. The molecule has 8 nitrogen and oxygen atoms in total. The van der Waals surface area contributed by atoms with Crippen molar-refractivity contribution in [3.63, 3.8) is 0 Å². The van der Waals surface area contributed by atoms with Crippen molar-refractivity contribution in [2.75, 3.05) is 5.32 Å². The van der Waals surface area contributed by atoms with Crippen molar-refractivity contribution in [3.05, 3.63) is 40.4 Å². The fourth-order valence-corrected chi connectivity index (χ4v) is 1.77. The van der Waals surface area contributed by atoms with Crippen LogP contribution in [0, 0.1) is 0 Å². The van der Waals surface area contributed by atoms with Crippen LogP contribution in [0.15, 0.2) is 27.8 Å². The molecule has 0 saturated carbocycles. The number of pyridine rings is 1. The molecule has 2 aromatic rings. The standard InChI is InChI=1S/C15H21N5O3/c1-5-20-7-6-11(21)10(9-20)17-14(22)16-8-12-18-13(23-19-12)15(2,3)4/h6-7,9H,5,8H2,1-4H3,(H2,16,17,22). The third-order valence-electron chi connectivity index (χ3n) is 3.11. The lowest BCUT2D eigenvalue weighted by molar-refractivity contribution is 0.251. The third-order valence-corrected chi connectivity index (χ3v) is 3.11. The Morgan fingerprint density at radius 2 is 2.13 bits per heavy atom. The van der Waals surface area contributed by atoms with Crippen LogP contribution in [0.2, 0.25) is 0 Å². The zero-order valence-electron chi connectivity index (χ0n) is 13.7. The number of aryl methyl sites for hydroxylation is 1. The number of nitrogens with one attached hydrogen (secondary N) is 2. The van der Waals surface area contributed by atoms with Gasteiger partial charge in [-0.15, -0.1) is 0 Å². The van der Waals surface area contributed by atoms with E-state index in [-0.39, 0.29) is 23.1 Å². The molecule has 124 valence electrons. The molecule has 2 rings (SSSR count). The second-order valence-electron chi connectivity index (χ2n) is 6.13. The first-order valence-corrected chi connectivity index (χ1v) is 7.37. The van der Waals surface area contributed by atoms with Gasteiger partial charge in [0.25, 0.3) is 0 Å². The number of nitrogens with zero attached hydrogens (tertiary/aromatic N) is 3. The number of carbonyl (C=O) groups excluding carboxylic acids is 1. The highest BCUT2D eigenvalue weighted by Gasteiger charge is 2.21. The summed E-state index contributed by atoms with van der Waals surface area (Å²) in [6, 6.07) is 0.909. The molecular weight excluding hydrogens is 298 g/mol. The fourth-order valence-electron chi connectivity index (χ4n) is 1.77. The van der Waals surface area contributed by atoms with Crippen LogP contribution in [0.4, 0.5) is 10.5 Å². The van der Waals surface area contributed by atoms with Gasteiger partial charge in [-0.3, -0.25) is 4.79 Å². The minimum absolute atomic E-state index is 0.111. The van der Waals surface area contributed by atoms with Crippen molar-refractivity contribution in [1.29, 1.82) is 0 Å². The van der Waals surface area contributed by atoms with Crippen LogP contribution >= 0.6 is 0 Å². The first-order chi connectivity index (χ1) is 10.8. The Morgan fingerprint density at radius 1 is 1.39 bits per heavy atom. The molecule has 2 N–H and O–H groups in total. The van der Waals surface area contributed by atoms with Crippen molar-refractivity contribution >= 4 is 11.7 Å². The van der Waals surface area contributed by atoms with E-state index >= 15 is 0 Å². The summed E-state index contributed by atoms with van der Waals surface area (Å²) in [5.74, 6) is 0.882. The van der Waals surface area contributed by atoms with E-state index in [0.29, 0.717) is 18.3 Å². The molecule has 8 heteroatoms. The summed E-state index contributed by atoms with van der Waals surface area (Å²) in [6.07, 6.45) is 3.26. The molecule has 0 radical (unpaired) electrons. The second-order valence-corrected chi connectivity index (χ2v) is 6.13. The number of urea groups is 1. The first-order valence-electron chi connectivity index (χ1n) is 7.37. The van der Waals surface area contributed by atoms with E-state index in [1.54, 1.807) is 17.0 Å². The van der Waals surface area contributed by atoms with Gasteiger partial charge < -0.3 is 19.7 Å². The van der Waals surface area contributed by atoms with Crippen molar-refractivity contribution in [2.45, 2.75) is 46.2 Å². The predicted molar refractivity (Wildman–Crippen MR) is 85.2 cm³/mol. The molecule has 0 aromatic carbocycles. The Kier molecular flexibility index (Phi) is 4.83. The maximum Gasteiger partial charge on any atom is 0.319 e. The molecule has 0 aliphatic carbocycles. The Morgan fingerprint density at radius 3 is 2.74 bits per heavy atom. The maximum absolute atomic E-state index is 11.9. The molecule has 0 aliphatic rings. The van der Waals surface area contributed by atoms with Crippen LogP contribution in [0.5, 0.6) is 0 Å². The summed E-state index contributed by atoms with van der Waals surface area (Å²) in [7, 11) is 0. The van der Waals surface area contributed by atoms with Crippen LogP contribution in [-0.2, 0) is 18.5 Å². The van der Waals surface area contributed by atoms with Gasteiger partial charge in [0.05, 0.1) is 6.54 Å². The van der Waals surface area contributed by atoms with Gasteiger partial charge in [-0.1, -0.05) is 25.9 Å². The smallest absolute Gasteiger partial charge is 0.319 e. The number of rotatable bonds is 4. The summed E-state index contributed by atoms with van der Waals surface area (Å²) in [6.45, 7) is 8.63. The van der Waals surface area contributed by atoms with Gasteiger partial charge in [-0.25, -0.2) is 4.79 Å². The van der Waals surface area contributed by atoms with Gasteiger partial charge in [0.1, 0.15) is 5.69 Å². The van der Waals surface area contributed by atoms with E-state index in [9.17, 15) is 9.59 Å². The van der Waals surface area contributed by atoms with Crippen LogP contribution < -0.4 is 16.1 Å². The van der Waals surface area contributed by atoms with E-state index in [0.717, 1.165) is 0 Å². The maximum atomic E-state index is 11.9. The quantitative estimate of drug-likeness (QED) is 0.895. The molecule has 2 amide bonds. The molecule has 0 bridgehead atoms. The average Bonchev–Trinajstić information content (AvgIpc) is 2.96. The minimum Gasteiger partial charge on any atom is -0.352 e. The highest BCUT2D eigenvalue weighted by Crippen LogP contribution is 2.19. The number of hydrogen-bond donors (Lipinski definition) is 2. The van der Waals surface area contributed by atoms with Gasteiger partial charge in [0.2, 0.25) is 11.3 Å². The topological polar surface area (TPSA) is 102 Å². The minimum atomic E-state index is -0.502. The SMILES string of the molecule is CCn1ccc(=O)c(NC(=O)NCc2noc(C(C)(C)C)n2)c1. The van der Waals surface area contributed by atoms with Crippen LogP contribution in [0.1, 0.15) is 39.4 Å². The van der Waals surface area contributed by atoms with Crippen LogP contribution in [0.3, 0.4) is 0 Å². The van der Waals surface area contributed by atoms with Gasteiger partial charge in [0.15, 0.2) is 5.82 Å². The largest absolute Gasteiger partial charge is 0.352 e. The number of amides is 2. The first kappa shape index (κ1) is 16.7. The van der Waals surface area contributed by atoms with Gasteiger partial charge in [-0.2, -0.15) is 4.98 Å². The molecule has 0 spiro atoms. The molecule has 23 heavy (non-hydrogen) atoms. The molecule has 0 saturated heterocycles. The number of carbonyl (C=O) groups is 1. The van der Waals surface area contributed by atoms with E-state index in [1.807, 2.05) is 27.7 Å². The number of anilines is 1. The van der Waals surface area contributed by atoms with E-state index < -0.39 is 6.03 Å². The number of aromatic nitrogens is 3. The molecule has 0 fully saturated rings. The average molecular weight is 319 g/mol. The molecule has 0 atom stereocenters. The van der Waals surface area contributed by atoms with Crippen LogP contribution in [-0.4, -0.2) is 20.7 Å². The molecule has 0 unspecified atom stereocenters. The van der Waals surface area contributed by atoms with Crippen molar-refractivity contribution in [2.24, 2.45) is 0 Å². The fraction of sp³-hybridized carbons (Fsp3) is 0.467. The van der Waals surface area contributed by atoms with E-state index in [2.05, 4.69) is 20.8 Å². The Labute approximate surface area is 133 Å². The summed E-state index contributed by atoms with van der Waals surface area (Å²) in [4.78, 5) is 27.8. The normalized spacial score (nSPS) is 11.3. The zero-order valence-corrected chi connectivity index (χ0v) is 13.7. The lowest BCUT2D eigenvalue weighted by Crippen LogP contribution is -2.31. The van der Waals surface area contributed by atoms with E-state index in [4.69, 9.17) is 4.52 Å². The molecule has 2 aromatic heterocycles. The van der Waals surface area contributed by atoms with Crippen molar-refractivity contribution < 1.29 is 9.32 Å². The van der Waals surface area contributed by atoms with Gasteiger partial charge in [0, 0.05) is 30.4 Å². The van der Waals surface area contributed by atoms with E-state index in [1.165, 1.54) is 6.07 Å². The zero-order chi connectivity index (χ0) is 17.0. The highest BCUT2D eigenvalue weighted by molar-refractivity contribution is 5.88. The Hall–Kier alpha value is -2.64. The Bertz CT molecular complexity index is 742. The Balaban J connectivity index is 1.95. The molecular formula is C15H21N5O3. The van der Waals surface area contributed by atoms with Gasteiger partial charge in [-0.05, 0) is 6.92 Å². The van der Waals surface area contributed by atoms with Crippen molar-refractivity contribution in [1.82, 2.24) is 20.0 Å². The second kappa shape index (κ2) is 6.64. The number of hydrogen-bond acceptors (Lipinski definition) is 5. The lowest BCUT2D eigenvalue weighted by atomic mass is 9.97. The lowest BCUT2D eigenvalue weighted by Gasteiger charge is -2.10. The van der Waals surface area contributed by atoms with Crippen LogP contribution in [0.25, 0.3) is 0 Å². The highest BCUT2D eigenvalue weighted by atomic mass is 16.5. The molecule has 2 heterocycles.